The van der Waals surface area contributed by atoms with Crippen molar-refractivity contribution in [2.24, 2.45) is 0 Å². The zero-order valence-electron chi connectivity index (χ0n) is 12.3. The second-order valence-electron chi connectivity index (χ2n) is 5.13. The van der Waals surface area contributed by atoms with Gasteiger partial charge in [-0.25, -0.2) is 4.98 Å². The fourth-order valence-electron chi connectivity index (χ4n) is 2.32. The molecule has 22 heavy (non-hydrogen) atoms. The molecule has 1 N–H and O–H groups in total. The number of aromatic hydroxyl groups is 1. The third-order valence-electron chi connectivity index (χ3n) is 3.50. The minimum Gasteiger partial charge on any atom is -0.493 e. The molecule has 0 amide bonds. The lowest BCUT2D eigenvalue weighted by Crippen LogP contribution is -1.98. The van der Waals surface area contributed by atoms with Crippen LogP contribution in [0.15, 0.2) is 42.7 Å². The number of nitrogens with zero attached hydrogens (tertiary/aromatic N) is 4. The molecular weight excluding hydrogens is 276 g/mol. The minimum absolute atomic E-state index is 0.0316. The Bertz CT molecular complexity index is 873. The maximum Gasteiger partial charge on any atom is 0.223 e. The Morgan fingerprint density at radius 1 is 1.09 bits per heavy atom. The van der Waals surface area contributed by atoms with Crippen molar-refractivity contribution in [1.82, 2.24) is 14.8 Å². The molecule has 0 atom stereocenters. The second-order valence-corrected chi connectivity index (χ2v) is 5.13. The third-order valence-corrected chi connectivity index (χ3v) is 3.50. The largest absolute Gasteiger partial charge is 0.493 e. The van der Waals surface area contributed by atoms with Crippen LogP contribution in [0.5, 0.6) is 5.88 Å². The van der Waals surface area contributed by atoms with Crippen molar-refractivity contribution in [2.75, 3.05) is 0 Å². The van der Waals surface area contributed by atoms with Crippen LogP contribution in [-0.2, 0) is 0 Å². The maximum absolute atomic E-state index is 10.5. The first-order valence-electron chi connectivity index (χ1n) is 6.81. The van der Waals surface area contributed by atoms with Crippen LogP contribution in [0, 0.1) is 25.2 Å². The lowest BCUT2D eigenvalue weighted by Gasteiger charge is -2.06. The number of rotatable bonds is 2. The normalized spacial score (nSPS) is 10.4. The average molecular weight is 290 g/mol. The molecule has 0 saturated heterocycles. The fourth-order valence-corrected chi connectivity index (χ4v) is 2.32. The highest BCUT2D eigenvalue weighted by Crippen LogP contribution is 2.32. The maximum atomic E-state index is 10.5. The van der Waals surface area contributed by atoms with E-state index in [-0.39, 0.29) is 5.88 Å². The summed E-state index contributed by atoms with van der Waals surface area (Å²) in [5.41, 5.74) is 4.00. The summed E-state index contributed by atoms with van der Waals surface area (Å²) in [4.78, 5) is 4.26. The highest BCUT2D eigenvalue weighted by molar-refractivity contribution is 5.72. The van der Waals surface area contributed by atoms with Crippen molar-refractivity contribution in [1.29, 1.82) is 5.26 Å². The summed E-state index contributed by atoms with van der Waals surface area (Å²) in [7, 11) is 0. The number of nitriles is 1. The summed E-state index contributed by atoms with van der Waals surface area (Å²) >= 11 is 0. The highest BCUT2D eigenvalue weighted by atomic mass is 16.3. The van der Waals surface area contributed by atoms with E-state index in [1.807, 2.05) is 26.0 Å². The molecule has 5 nitrogen and oxygen atoms in total. The number of aryl methyl sites for hydroxylation is 2. The van der Waals surface area contributed by atoms with Crippen LogP contribution >= 0.6 is 0 Å². The summed E-state index contributed by atoms with van der Waals surface area (Å²) in [5.74, 6) is 0.588. The molecule has 108 valence electrons. The quantitative estimate of drug-likeness (QED) is 0.786. The van der Waals surface area contributed by atoms with E-state index in [4.69, 9.17) is 5.26 Å². The summed E-state index contributed by atoms with van der Waals surface area (Å²) in [6, 6.07) is 11.2. The van der Waals surface area contributed by atoms with Gasteiger partial charge in [0.2, 0.25) is 5.88 Å². The van der Waals surface area contributed by atoms with Crippen molar-refractivity contribution in [3.05, 3.63) is 59.4 Å². The molecule has 3 rings (SSSR count). The molecule has 0 unspecified atom stereocenters. The van der Waals surface area contributed by atoms with Crippen LogP contribution in [0.3, 0.4) is 0 Å². The third kappa shape index (κ3) is 2.31. The van der Waals surface area contributed by atoms with Gasteiger partial charge in [0.15, 0.2) is 5.82 Å². The van der Waals surface area contributed by atoms with Gasteiger partial charge >= 0.3 is 0 Å². The monoisotopic (exact) mass is 290 g/mol. The predicted molar refractivity (Wildman–Crippen MR) is 82.6 cm³/mol. The summed E-state index contributed by atoms with van der Waals surface area (Å²) in [5, 5.41) is 23.6. The van der Waals surface area contributed by atoms with Gasteiger partial charge in [-0.1, -0.05) is 12.1 Å². The van der Waals surface area contributed by atoms with Crippen molar-refractivity contribution < 1.29 is 5.11 Å². The van der Waals surface area contributed by atoms with E-state index in [9.17, 15) is 5.11 Å². The highest BCUT2D eigenvalue weighted by Gasteiger charge is 2.15. The molecule has 0 saturated carbocycles. The first-order chi connectivity index (χ1) is 10.6. The van der Waals surface area contributed by atoms with E-state index in [0.29, 0.717) is 16.9 Å². The van der Waals surface area contributed by atoms with Gasteiger partial charge in [-0.05, 0) is 48.7 Å². The molecule has 0 fully saturated rings. The standard InChI is InChI=1S/C17H14N4O/c1-11-3-6-16(19-9-11)21-17(22)15(10-20-21)14-5-4-13(8-18)7-12(14)2/h3-7,9-10,22H,1-2H3. The zero-order valence-corrected chi connectivity index (χ0v) is 12.3. The predicted octanol–water partition coefficient (Wildman–Crippen LogP) is 3.13. The number of hydrogen-bond donors (Lipinski definition) is 1. The average Bonchev–Trinajstić information content (AvgIpc) is 2.89. The van der Waals surface area contributed by atoms with Gasteiger partial charge in [0.1, 0.15) is 0 Å². The van der Waals surface area contributed by atoms with Crippen LogP contribution in [-0.4, -0.2) is 19.9 Å². The first-order valence-corrected chi connectivity index (χ1v) is 6.81. The Balaban J connectivity index is 2.08. The van der Waals surface area contributed by atoms with Gasteiger partial charge in [0.25, 0.3) is 0 Å². The van der Waals surface area contributed by atoms with Gasteiger partial charge in [0, 0.05) is 6.20 Å². The number of hydrogen-bond acceptors (Lipinski definition) is 4. The zero-order chi connectivity index (χ0) is 15.7. The van der Waals surface area contributed by atoms with E-state index in [1.165, 1.54) is 4.68 Å². The molecule has 0 aliphatic heterocycles. The molecular formula is C17H14N4O. The lowest BCUT2D eigenvalue weighted by molar-refractivity contribution is 0.433. The minimum atomic E-state index is 0.0316. The summed E-state index contributed by atoms with van der Waals surface area (Å²) in [6.45, 7) is 3.85. The molecule has 0 radical (unpaired) electrons. The molecule has 0 bridgehead atoms. The SMILES string of the molecule is Cc1ccc(-n2ncc(-c3ccc(C#N)cc3C)c2O)nc1. The van der Waals surface area contributed by atoms with Crippen LogP contribution in [0.4, 0.5) is 0 Å². The number of aromatic nitrogens is 3. The van der Waals surface area contributed by atoms with E-state index >= 15 is 0 Å². The van der Waals surface area contributed by atoms with Crippen LogP contribution in [0.2, 0.25) is 0 Å². The van der Waals surface area contributed by atoms with Crippen molar-refractivity contribution in [3.8, 4) is 28.9 Å². The Labute approximate surface area is 128 Å². The Morgan fingerprint density at radius 2 is 1.91 bits per heavy atom. The fraction of sp³-hybridized carbons (Fsp3) is 0.118. The first kappa shape index (κ1) is 13.8. The van der Waals surface area contributed by atoms with Crippen molar-refractivity contribution in [3.63, 3.8) is 0 Å². The van der Waals surface area contributed by atoms with Crippen LogP contribution in [0.1, 0.15) is 16.7 Å². The molecule has 0 aliphatic carbocycles. The van der Waals surface area contributed by atoms with Crippen molar-refractivity contribution in [2.45, 2.75) is 13.8 Å². The van der Waals surface area contributed by atoms with E-state index in [0.717, 1.165) is 16.7 Å². The molecule has 2 heterocycles. The van der Waals surface area contributed by atoms with Crippen LogP contribution < -0.4 is 0 Å². The second kappa shape index (κ2) is 5.34. The lowest BCUT2D eigenvalue weighted by atomic mass is 10.0. The summed E-state index contributed by atoms with van der Waals surface area (Å²) in [6.07, 6.45) is 3.33. The Kier molecular flexibility index (Phi) is 3.36. The topological polar surface area (TPSA) is 74.7 Å². The molecule has 0 spiro atoms. The van der Waals surface area contributed by atoms with Gasteiger partial charge in [-0.2, -0.15) is 15.0 Å². The van der Waals surface area contributed by atoms with E-state index in [2.05, 4.69) is 16.2 Å². The molecule has 0 aliphatic rings. The van der Waals surface area contributed by atoms with Gasteiger partial charge in [0.05, 0.1) is 23.4 Å². The van der Waals surface area contributed by atoms with Gasteiger partial charge < -0.3 is 5.11 Å². The smallest absolute Gasteiger partial charge is 0.223 e. The molecule has 2 aromatic heterocycles. The van der Waals surface area contributed by atoms with E-state index < -0.39 is 0 Å². The molecule has 1 aromatic carbocycles. The van der Waals surface area contributed by atoms with Gasteiger partial charge in [-0.3, -0.25) is 0 Å². The number of benzene rings is 1. The Hall–Kier alpha value is -3.13. The van der Waals surface area contributed by atoms with Crippen LogP contribution in [0.25, 0.3) is 16.9 Å². The van der Waals surface area contributed by atoms with Gasteiger partial charge in [-0.15, -0.1) is 0 Å². The molecule has 5 heteroatoms. The number of pyridine rings is 1. The molecule has 3 aromatic rings. The summed E-state index contributed by atoms with van der Waals surface area (Å²) < 4.78 is 1.40. The van der Waals surface area contributed by atoms with Crippen molar-refractivity contribution >= 4 is 0 Å². The Morgan fingerprint density at radius 3 is 2.55 bits per heavy atom. The van der Waals surface area contributed by atoms with E-state index in [1.54, 1.807) is 30.6 Å².